The molecule has 0 unspecified atom stereocenters. The highest BCUT2D eigenvalue weighted by Crippen LogP contribution is 2.33. The smallest absolute Gasteiger partial charge is 0.313 e. The molecule has 2 N–H and O–H groups in total. The van der Waals surface area contributed by atoms with Gasteiger partial charge in [-0.3, -0.25) is 4.79 Å². The average Bonchev–Trinajstić information content (AvgIpc) is 3.16. The molecular weight excluding hydrogens is 412 g/mol. The van der Waals surface area contributed by atoms with Crippen LogP contribution in [-0.4, -0.2) is 35.7 Å². The highest BCUT2D eigenvalue weighted by atomic mass is 32.2. The molecule has 0 aliphatic carbocycles. The van der Waals surface area contributed by atoms with Gasteiger partial charge in [0, 0.05) is 35.2 Å². The summed E-state index contributed by atoms with van der Waals surface area (Å²) in [6.07, 6.45) is 4.77. The number of sulfone groups is 1. The Bertz CT molecular complexity index is 1400. The van der Waals surface area contributed by atoms with E-state index in [0.29, 0.717) is 5.65 Å². The Labute approximate surface area is 180 Å². The van der Waals surface area contributed by atoms with Crippen molar-refractivity contribution in [3.05, 3.63) is 72.6 Å². The van der Waals surface area contributed by atoms with Crippen LogP contribution in [-0.2, 0) is 20.0 Å². The number of carbonyl (C=O) groups is 1. The van der Waals surface area contributed by atoms with Gasteiger partial charge in [0.25, 0.3) is 0 Å². The van der Waals surface area contributed by atoms with Gasteiger partial charge in [-0.15, -0.1) is 0 Å². The summed E-state index contributed by atoms with van der Waals surface area (Å²) in [5, 5.41) is 10.3. The first kappa shape index (κ1) is 20.8. The fraction of sp³-hybridized carbons (Fsp3) is 0.167. The summed E-state index contributed by atoms with van der Waals surface area (Å²) in [4.78, 5) is 19.4. The summed E-state index contributed by atoms with van der Waals surface area (Å²) in [5.41, 5.74) is 3.90. The number of aliphatic carboxylic acids is 1. The maximum atomic E-state index is 11.9. The zero-order valence-electron chi connectivity index (χ0n) is 17.4. The van der Waals surface area contributed by atoms with Crippen molar-refractivity contribution in [2.45, 2.75) is 24.2 Å². The second kappa shape index (κ2) is 7.35. The minimum Gasteiger partial charge on any atom is -0.481 e. The van der Waals surface area contributed by atoms with Gasteiger partial charge in [0.15, 0.2) is 9.84 Å². The first-order valence-electron chi connectivity index (χ1n) is 9.69. The van der Waals surface area contributed by atoms with E-state index in [-0.39, 0.29) is 4.90 Å². The van der Waals surface area contributed by atoms with Crippen LogP contribution in [0.3, 0.4) is 0 Å². The van der Waals surface area contributed by atoms with Crippen molar-refractivity contribution in [1.29, 1.82) is 0 Å². The number of benzene rings is 2. The molecule has 4 aromatic rings. The Morgan fingerprint density at radius 2 is 1.71 bits per heavy atom. The molecular formula is C24H22N2O4S. The average molecular weight is 435 g/mol. The lowest BCUT2D eigenvalue weighted by atomic mass is 9.84. The fourth-order valence-electron chi connectivity index (χ4n) is 3.50. The zero-order chi connectivity index (χ0) is 22.4. The normalized spacial score (nSPS) is 12.2. The third-order valence-electron chi connectivity index (χ3n) is 5.58. The van der Waals surface area contributed by atoms with E-state index in [4.69, 9.17) is 0 Å². The monoisotopic (exact) mass is 434 g/mol. The first-order valence-corrected chi connectivity index (χ1v) is 11.6. The summed E-state index contributed by atoms with van der Waals surface area (Å²) in [7, 11) is -3.31. The number of fused-ring (bicyclic) bond motifs is 1. The Kier molecular flexibility index (Phi) is 4.94. The van der Waals surface area contributed by atoms with E-state index in [1.54, 1.807) is 38.2 Å². The first-order chi connectivity index (χ1) is 14.6. The number of rotatable bonds is 5. The number of H-pyrrole nitrogens is 1. The van der Waals surface area contributed by atoms with Crippen LogP contribution in [0.2, 0.25) is 0 Å². The van der Waals surface area contributed by atoms with Crippen molar-refractivity contribution in [2.24, 2.45) is 0 Å². The second-order valence-corrected chi connectivity index (χ2v) is 10.1. The van der Waals surface area contributed by atoms with Gasteiger partial charge in [-0.1, -0.05) is 36.4 Å². The minimum absolute atomic E-state index is 0.260. The van der Waals surface area contributed by atoms with Crippen LogP contribution in [0.15, 0.2) is 71.9 Å². The Morgan fingerprint density at radius 3 is 2.35 bits per heavy atom. The molecule has 2 heterocycles. The van der Waals surface area contributed by atoms with Crippen molar-refractivity contribution in [3.8, 4) is 22.3 Å². The lowest BCUT2D eigenvalue weighted by molar-refractivity contribution is -0.142. The van der Waals surface area contributed by atoms with Crippen LogP contribution in [0.5, 0.6) is 0 Å². The lowest BCUT2D eigenvalue weighted by Gasteiger charge is -2.19. The van der Waals surface area contributed by atoms with Crippen LogP contribution in [0.1, 0.15) is 19.4 Å². The predicted octanol–water partition coefficient (Wildman–Crippen LogP) is 4.66. The molecule has 0 atom stereocenters. The summed E-state index contributed by atoms with van der Waals surface area (Å²) < 4.78 is 23.8. The molecule has 0 radical (unpaired) electrons. The zero-order valence-corrected chi connectivity index (χ0v) is 18.2. The number of aromatic nitrogens is 2. The molecule has 0 bridgehead atoms. The van der Waals surface area contributed by atoms with E-state index in [9.17, 15) is 18.3 Å². The van der Waals surface area contributed by atoms with Crippen LogP contribution in [0.4, 0.5) is 0 Å². The van der Waals surface area contributed by atoms with E-state index in [2.05, 4.69) is 9.97 Å². The number of pyridine rings is 1. The Hall–Kier alpha value is -3.45. The van der Waals surface area contributed by atoms with Gasteiger partial charge in [0.05, 0.1) is 10.3 Å². The number of carboxylic acid groups (broad SMARTS) is 1. The highest BCUT2D eigenvalue weighted by molar-refractivity contribution is 7.90. The number of nitrogens with one attached hydrogen (secondary N) is 1. The SMILES string of the molecule is CC(C)(C(=O)O)c1ccc(-c2c[nH]c3ncc(-c4cccc(S(C)(=O)=O)c4)cc23)cc1. The number of hydrogen-bond donors (Lipinski definition) is 2. The standard InChI is InChI=1S/C24H22N2O4S/c1-24(2,23(27)28)18-9-7-15(8-10-18)21-14-26-22-20(21)12-17(13-25-22)16-5-4-6-19(11-16)31(3,29)30/h4-14H,1-3H3,(H,25,26)(H,27,28). The van der Waals surface area contributed by atoms with Crippen LogP contribution < -0.4 is 0 Å². The van der Waals surface area contributed by atoms with Gasteiger partial charge in [-0.25, -0.2) is 13.4 Å². The molecule has 0 aliphatic rings. The molecule has 4 rings (SSSR count). The lowest BCUT2D eigenvalue weighted by Crippen LogP contribution is -2.28. The van der Waals surface area contributed by atoms with Gasteiger partial charge >= 0.3 is 5.97 Å². The van der Waals surface area contributed by atoms with Crippen molar-refractivity contribution in [3.63, 3.8) is 0 Å². The van der Waals surface area contributed by atoms with Gasteiger partial charge in [-0.2, -0.15) is 0 Å². The van der Waals surface area contributed by atoms with Gasteiger partial charge in [-0.05, 0) is 48.7 Å². The van der Waals surface area contributed by atoms with Crippen LogP contribution in [0, 0.1) is 0 Å². The molecule has 0 spiro atoms. The summed E-state index contributed by atoms with van der Waals surface area (Å²) in [5.74, 6) is -0.877. The molecule has 158 valence electrons. The summed E-state index contributed by atoms with van der Waals surface area (Å²) >= 11 is 0. The van der Waals surface area contributed by atoms with Gasteiger partial charge in [0.1, 0.15) is 5.65 Å². The van der Waals surface area contributed by atoms with Crippen LogP contribution in [0.25, 0.3) is 33.3 Å². The van der Waals surface area contributed by atoms with Crippen molar-refractivity contribution in [1.82, 2.24) is 9.97 Å². The van der Waals surface area contributed by atoms with E-state index < -0.39 is 21.2 Å². The van der Waals surface area contributed by atoms with E-state index in [1.165, 1.54) is 6.26 Å². The quantitative estimate of drug-likeness (QED) is 0.476. The van der Waals surface area contributed by atoms with Crippen LogP contribution >= 0.6 is 0 Å². The maximum Gasteiger partial charge on any atom is 0.313 e. The molecule has 31 heavy (non-hydrogen) atoms. The number of nitrogens with zero attached hydrogens (tertiary/aromatic N) is 1. The van der Waals surface area contributed by atoms with E-state index in [0.717, 1.165) is 33.2 Å². The number of aromatic amines is 1. The fourth-order valence-corrected chi connectivity index (χ4v) is 4.16. The van der Waals surface area contributed by atoms with Crippen molar-refractivity contribution < 1.29 is 18.3 Å². The molecule has 0 amide bonds. The molecule has 0 fully saturated rings. The third kappa shape index (κ3) is 3.84. The maximum absolute atomic E-state index is 11.9. The van der Waals surface area contributed by atoms with Gasteiger partial charge < -0.3 is 10.1 Å². The second-order valence-electron chi connectivity index (χ2n) is 8.13. The largest absolute Gasteiger partial charge is 0.481 e. The molecule has 0 aliphatic heterocycles. The Morgan fingerprint density at radius 1 is 1.00 bits per heavy atom. The number of hydrogen-bond acceptors (Lipinski definition) is 4. The Balaban J connectivity index is 1.77. The van der Waals surface area contributed by atoms with E-state index >= 15 is 0 Å². The van der Waals surface area contributed by atoms with E-state index in [1.807, 2.05) is 42.6 Å². The number of carboxylic acids is 1. The third-order valence-corrected chi connectivity index (χ3v) is 6.69. The molecule has 0 saturated heterocycles. The molecule has 0 saturated carbocycles. The van der Waals surface area contributed by atoms with Crippen molar-refractivity contribution in [2.75, 3.05) is 6.26 Å². The topological polar surface area (TPSA) is 100 Å². The summed E-state index contributed by atoms with van der Waals surface area (Å²) in [6, 6.07) is 16.2. The highest BCUT2D eigenvalue weighted by Gasteiger charge is 2.29. The minimum atomic E-state index is -3.31. The summed E-state index contributed by atoms with van der Waals surface area (Å²) in [6.45, 7) is 3.35. The molecule has 7 heteroatoms. The molecule has 2 aromatic carbocycles. The molecule has 2 aromatic heterocycles. The van der Waals surface area contributed by atoms with Gasteiger partial charge in [0.2, 0.25) is 0 Å². The van der Waals surface area contributed by atoms with Crippen molar-refractivity contribution >= 4 is 26.8 Å². The molecule has 6 nitrogen and oxygen atoms in total. The predicted molar refractivity (Wildman–Crippen MR) is 121 cm³/mol.